The standard InChI is InChI=1S/C19H18Cl4O3S/c1-27-15-5-3-13(4-6-15)24-8-2-9-26-19-16(20)11-14(12-17(19)21)25-10-7-18(22)23/h3-7,11-12H,2,8-10H2,1H3. The number of thioether (sulfide) groups is 1. The van der Waals surface area contributed by atoms with Crippen LogP contribution in [-0.2, 0) is 0 Å². The molecule has 2 aromatic carbocycles. The van der Waals surface area contributed by atoms with Gasteiger partial charge in [-0.3, -0.25) is 0 Å². The van der Waals surface area contributed by atoms with Crippen LogP contribution < -0.4 is 14.2 Å². The average Bonchev–Trinajstić information content (AvgIpc) is 2.63. The van der Waals surface area contributed by atoms with Crippen LogP contribution in [0.2, 0.25) is 10.0 Å². The molecule has 0 aliphatic heterocycles. The van der Waals surface area contributed by atoms with Crippen molar-refractivity contribution in [1.82, 2.24) is 0 Å². The zero-order valence-corrected chi connectivity index (χ0v) is 18.4. The molecule has 2 rings (SSSR count). The molecular weight excluding hydrogens is 450 g/mol. The Hall–Kier alpha value is -0.910. The summed E-state index contributed by atoms with van der Waals surface area (Å²) < 4.78 is 17.0. The van der Waals surface area contributed by atoms with Crippen molar-refractivity contribution in [3.05, 3.63) is 57.0 Å². The van der Waals surface area contributed by atoms with E-state index < -0.39 is 0 Å². The smallest absolute Gasteiger partial charge is 0.156 e. The highest BCUT2D eigenvalue weighted by Gasteiger charge is 2.10. The lowest BCUT2D eigenvalue weighted by atomic mass is 10.3. The summed E-state index contributed by atoms with van der Waals surface area (Å²) in [5, 5.41) is 0.735. The van der Waals surface area contributed by atoms with Crippen LogP contribution in [-0.4, -0.2) is 26.1 Å². The molecule has 0 aliphatic carbocycles. The van der Waals surface area contributed by atoms with E-state index in [1.165, 1.54) is 11.0 Å². The van der Waals surface area contributed by atoms with Gasteiger partial charge >= 0.3 is 0 Å². The van der Waals surface area contributed by atoms with E-state index in [2.05, 4.69) is 0 Å². The van der Waals surface area contributed by atoms with Gasteiger partial charge in [0.2, 0.25) is 0 Å². The van der Waals surface area contributed by atoms with Crippen molar-refractivity contribution < 1.29 is 14.2 Å². The van der Waals surface area contributed by atoms with E-state index in [-0.39, 0.29) is 11.1 Å². The lowest BCUT2D eigenvalue weighted by Gasteiger charge is -2.12. The quantitative estimate of drug-likeness (QED) is 0.271. The molecule has 0 bridgehead atoms. The highest BCUT2D eigenvalue weighted by atomic mass is 35.5. The first-order chi connectivity index (χ1) is 13.0. The molecule has 0 unspecified atom stereocenters. The summed E-state index contributed by atoms with van der Waals surface area (Å²) in [6, 6.07) is 11.2. The molecule has 0 amide bonds. The Kier molecular flexibility index (Phi) is 9.80. The van der Waals surface area contributed by atoms with Crippen molar-refractivity contribution in [1.29, 1.82) is 0 Å². The van der Waals surface area contributed by atoms with Crippen LogP contribution in [0.1, 0.15) is 6.42 Å². The van der Waals surface area contributed by atoms with Crippen LogP contribution in [0.15, 0.2) is 51.9 Å². The van der Waals surface area contributed by atoms with Gasteiger partial charge < -0.3 is 14.2 Å². The van der Waals surface area contributed by atoms with Gasteiger partial charge in [0.1, 0.15) is 22.6 Å². The van der Waals surface area contributed by atoms with Gasteiger partial charge in [-0.2, -0.15) is 0 Å². The van der Waals surface area contributed by atoms with E-state index in [1.807, 2.05) is 30.5 Å². The summed E-state index contributed by atoms with van der Waals surface area (Å²) in [6.07, 6.45) is 4.24. The number of benzene rings is 2. The van der Waals surface area contributed by atoms with Gasteiger partial charge in [0.15, 0.2) is 5.75 Å². The van der Waals surface area contributed by atoms with Crippen LogP contribution in [0, 0.1) is 0 Å². The summed E-state index contributed by atoms with van der Waals surface area (Å²) in [6.45, 7) is 1.16. The number of rotatable bonds is 10. The topological polar surface area (TPSA) is 27.7 Å². The maximum absolute atomic E-state index is 6.22. The fourth-order valence-electron chi connectivity index (χ4n) is 2.05. The summed E-state index contributed by atoms with van der Waals surface area (Å²) in [5.74, 6) is 1.75. The molecule has 0 atom stereocenters. The number of hydrogen-bond acceptors (Lipinski definition) is 4. The molecule has 0 heterocycles. The molecule has 0 aromatic heterocycles. The first-order valence-corrected chi connectivity index (χ1v) is 10.8. The molecule has 8 heteroatoms. The monoisotopic (exact) mass is 466 g/mol. The Morgan fingerprint density at radius 2 is 1.56 bits per heavy atom. The van der Waals surface area contributed by atoms with E-state index in [1.54, 1.807) is 23.9 Å². The predicted molar refractivity (Wildman–Crippen MR) is 116 cm³/mol. The first-order valence-electron chi connectivity index (χ1n) is 8.02. The number of halogens is 4. The second-order valence-electron chi connectivity index (χ2n) is 5.25. The van der Waals surface area contributed by atoms with Gasteiger partial charge in [-0.25, -0.2) is 0 Å². The normalized spacial score (nSPS) is 10.4. The zero-order valence-electron chi connectivity index (χ0n) is 14.5. The van der Waals surface area contributed by atoms with Gasteiger partial charge in [-0.15, -0.1) is 11.8 Å². The van der Waals surface area contributed by atoms with Gasteiger partial charge in [-0.05, 0) is 36.6 Å². The van der Waals surface area contributed by atoms with Gasteiger partial charge in [-0.1, -0.05) is 46.4 Å². The lowest BCUT2D eigenvalue weighted by molar-refractivity contribution is 0.247. The van der Waals surface area contributed by atoms with Crippen molar-refractivity contribution in [2.75, 3.05) is 26.1 Å². The van der Waals surface area contributed by atoms with Crippen molar-refractivity contribution in [2.45, 2.75) is 11.3 Å². The number of ether oxygens (including phenoxy) is 3. The molecule has 0 saturated carbocycles. The SMILES string of the molecule is CSc1ccc(OCCCOc2c(Cl)cc(OCC=C(Cl)Cl)cc2Cl)cc1. The maximum Gasteiger partial charge on any atom is 0.156 e. The van der Waals surface area contributed by atoms with Crippen LogP contribution >= 0.6 is 58.2 Å². The van der Waals surface area contributed by atoms with E-state index in [0.717, 1.165) is 5.75 Å². The third-order valence-corrected chi connectivity index (χ3v) is 4.94. The summed E-state index contributed by atoms with van der Waals surface area (Å²) in [5.41, 5.74) is 0. The number of hydrogen-bond donors (Lipinski definition) is 0. The van der Waals surface area contributed by atoms with Gasteiger partial charge in [0, 0.05) is 23.4 Å². The third kappa shape index (κ3) is 7.92. The summed E-state index contributed by atoms with van der Waals surface area (Å²) in [4.78, 5) is 1.20. The second-order valence-corrected chi connectivity index (χ2v) is 7.95. The minimum absolute atomic E-state index is 0.134. The lowest BCUT2D eigenvalue weighted by Crippen LogP contribution is -2.05. The molecule has 27 heavy (non-hydrogen) atoms. The molecule has 0 radical (unpaired) electrons. The Morgan fingerprint density at radius 1 is 0.926 bits per heavy atom. The molecule has 146 valence electrons. The van der Waals surface area contributed by atoms with Crippen molar-refractivity contribution >= 4 is 58.2 Å². The molecule has 0 fully saturated rings. The molecule has 3 nitrogen and oxygen atoms in total. The fraction of sp³-hybridized carbons (Fsp3) is 0.263. The molecule has 0 saturated heterocycles. The minimum atomic E-state index is 0.134. The Labute approximate surface area is 183 Å². The third-order valence-electron chi connectivity index (χ3n) is 3.32. The molecule has 0 aliphatic rings. The predicted octanol–water partition coefficient (Wildman–Crippen LogP) is 7.26. The first kappa shape index (κ1) is 22.4. The van der Waals surface area contributed by atoms with E-state index in [4.69, 9.17) is 60.6 Å². The Bertz CT molecular complexity index is 739. The van der Waals surface area contributed by atoms with Crippen molar-refractivity contribution in [3.63, 3.8) is 0 Å². The Morgan fingerprint density at radius 3 is 2.15 bits per heavy atom. The molecular formula is C19H18Cl4O3S. The van der Waals surface area contributed by atoms with Crippen LogP contribution in [0.25, 0.3) is 0 Å². The van der Waals surface area contributed by atoms with Gasteiger partial charge in [0.05, 0.1) is 23.3 Å². The fourth-order valence-corrected chi connectivity index (χ4v) is 3.16. The second kappa shape index (κ2) is 11.8. The van der Waals surface area contributed by atoms with E-state index >= 15 is 0 Å². The highest BCUT2D eigenvalue weighted by molar-refractivity contribution is 7.98. The van der Waals surface area contributed by atoms with Crippen molar-refractivity contribution in [3.8, 4) is 17.2 Å². The van der Waals surface area contributed by atoms with E-state index in [9.17, 15) is 0 Å². The summed E-state index contributed by atoms with van der Waals surface area (Å²) >= 11 is 25.2. The van der Waals surface area contributed by atoms with Crippen molar-refractivity contribution in [2.24, 2.45) is 0 Å². The van der Waals surface area contributed by atoms with Gasteiger partial charge in [0.25, 0.3) is 0 Å². The summed E-state index contributed by atoms with van der Waals surface area (Å²) in [7, 11) is 0. The maximum atomic E-state index is 6.22. The zero-order chi connectivity index (χ0) is 19.6. The molecule has 0 N–H and O–H groups in total. The van der Waals surface area contributed by atoms with Crippen LogP contribution in [0.3, 0.4) is 0 Å². The average molecular weight is 468 g/mol. The van der Waals surface area contributed by atoms with Crippen LogP contribution in [0.5, 0.6) is 17.2 Å². The largest absolute Gasteiger partial charge is 0.493 e. The molecule has 0 spiro atoms. The van der Waals surface area contributed by atoms with Crippen LogP contribution in [0.4, 0.5) is 0 Å². The molecule has 2 aromatic rings. The highest BCUT2D eigenvalue weighted by Crippen LogP contribution is 2.37. The minimum Gasteiger partial charge on any atom is -0.493 e. The Balaban J connectivity index is 1.78. The van der Waals surface area contributed by atoms with E-state index in [0.29, 0.717) is 41.2 Å².